The molecular weight excluding hydrogens is 324 g/mol. The molecule has 3 rings (SSSR count). The Labute approximate surface area is 144 Å². The van der Waals surface area contributed by atoms with Crippen LogP contribution in [0.1, 0.15) is 38.6 Å². The topological polar surface area (TPSA) is 73.0 Å². The van der Waals surface area contributed by atoms with Crippen LogP contribution in [0, 0.1) is 0 Å². The molecule has 0 fully saturated rings. The number of hydrogen-bond donors (Lipinski definition) is 1. The molecule has 0 saturated heterocycles. The van der Waals surface area contributed by atoms with Crippen LogP contribution in [0.5, 0.6) is 0 Å². The summed E-state index contributed by atoms with van der Waals surface area (Å²) in [6.07, 6.45) is 1.68. The van der Waals surface area contributed by atoms with Crippen molar-refractivity contribution in [3.63, 3.8) is 0 Å². The maximum Gasteiger partial charge on any atom is 0.231 e. The minimum atomic E-state index is -0.187. The molecule has 1 aromatic carbocycles. The summed E-state index contributed by atoms with van der Waals surface area (Å²) in [4.78, 5) is 12.2. The molecule has 1 amide bonds. The molecule has 2 aromatic heterocycles. The predicted molar refractivity (Wildman–Crippen MR) is 93.9 cm³/mol. The van der Waals surface area contributed by atoms with Crippen LogP contribution in [0.3, 0.4) is 0 Å². The third-order valence-electron chi connectivity index (χ3n) is 3.68. The van der Waals surface area contributed by atoms with Gasteiger partial charge < -0.3 is 14.3 Å². The monoisotopic (exact) mass is 344 g/mol. The highest BCUT2D eigenvalue weighted by Gasteiger charge is 2.16. The largest absolute Gasteiger partial charge is 0.459 e. The molecule has 0 radical (unpaired) electrons. The summed E-state index contributed by atoms with van der Waals surface area (Å²) in [5.74, 6) is 0.974. The fraction of sp³-hybridized carbons (Fsp3) is 0.353. The SMILES string of the molecule is CC(NC(=O)CSc1nncn1C(C)C)c1cc2ccccc2o1. The first-order chi connectivity index (χ1) is 11.5. The Bertz CT molecular complexity index is 807. The highest BCUT2D eigenvalue weighted by Crippen LogP contribution is 2.24. The van der Waals surface area contributed by atoms with Crippen molar-refractivity contribution in [2.45, 2.75) is 38.0 Å². The molecule has 126 valence electrons. The van der Waals surface area contributed by atoms with Gasteiger partial charge in [0.05, 0.1) is 11.8 Å². The third-order valence-corrected chi connectivity index (χ3v) is 4.63. The lowest BCUT2D eigenvalue weighted by atomic mass is 10.2. The van der Waals surface area contributed by atoms with Crippen molar-refractivity contribution in [2.75, 3.05) is 5.75 Å². The normalized spacial score (nSPS) is 12.7. The molecule has 0 aliphatic heterocycles. The Kier molecular flexibility index (Phi) is 4.89. The van der Waals surface area contributed by atoms with E-state index < -0.39 is 0 Å². The second-order valence-electron chi connectivity index (χ2n) is 5.88. The van der Waals surface area contributed by atoms with Gasteiger partial charge in [0.25, 0.3) is 0 Å². The van der Waals surface area contributed by atoms with Crippen LogP contribution >= 0.6 is 11.8 Å². The Morgan fingerprint density at radius 3 is 2.88 bits per heavy atom. The summed E-state index contributed by atoms with van der Waals surface area (Å²) in [5.41, 5.74) is 0.827. The maximum atomic E-state index is 12.2. The number of carbonyl (C=O) groups excluding carboxylic acids is 1. The Morgan fingerprint density at radius 2 is 2.12 bits per heavy atom. The summed E-state index contributed by atoms with van der Waals surface area (Å²) in [7, 11) is 0. The van der Waals surface area contributed by atoms with Gasteiger partial charge in [-0.1, -0.05) is 30.0 Å². The molecule has 0 aliphatic rings. The molecule has 2 heterocycles. The number of rotatable bonds is 6. The van der Waals surface area contributed by atoms with Gasteiger partial charge in [-0.25, -0.2) is 0 Å². The van der Waals surface area contributed by atoms with Crippen molar-refractivity contribution in [3.05, 3.63) is 42.4 Å². The zero-order chi connectivity index (χ0) is 17.1. The number of aromatic nitrogens is 3. The Balaban J connectivity index is 1.59. The van der Waals surface area contributed by atoms with Crippen LogP contribution in [-0.4, -0.2) is 26.4 Å². The van der Waals surface area contributed by atoms with E-state index in [1.165, 1.54) is 11.8 Å². The van der Waals surface area contributed by atoms with E-state index in [0.717, 1.165) is 21.9 Å². The zero-order valence-corrected chi connectivity index (χ0v) is 14.7. The van der Waals surface area contributed by atoms with Crippen LogP contribution in [0.25, 0.3) is 11.0 Å². The molecule has 0 saturated carbocycles. The smallest absolute Gasteiger partial charge is 0.231 e. The number of hydrogen-bond acceptors (Lipinski definition) is 5. The Morgan fingerprint density at radius 1 is 1.33 bits per heavy atom. The minimum Gasteiger partial charge on any atom is -0.459 e. The second kappa shape index (κ2) is 7.09. The number of amides is 1. The average Bonchev–Trinajstić information content (AvgIpc) is 3.19. The zero-order valence-electron chi connectivity index (χ0n) is 13.9. The number of para-hydroxylation sites is 1. The molecule has 0 spiro atoms. The first-order valence-electron chi connectivity index (χ1n) is 7.84. The van der Waals surface area contributed by atoms with Crippen molar-refractivity contribution in [1.29, 1.82) is 0 Å². The summed E-state index contributed by atoms with van der Waals surface area (Å²) in [6, 6.07) is 9.84. The average molecular weight is 344 g/mol. The van der Waals surface area contributed by atoms with Crippen LogP contribution in [0.2, 0.25) is 0 Å². The van der Waals surface area contributed by atoms with Gasteiger partial charge in [-0.2, -0.15) is 0 Å². The van der Waals surface area contributed by atoms with Crippen molar-refractivity contribution >= 4 is 28.6 Å². The summed E-state index contributed by atoms with van der Waals surface area (Å²) in [6.45, 7) is 6.02. The van der Waals surface area contributed by atoms with E-state index in [0.29, 0.717) is 0 Å². The highest BCUT2D eigenvalue weighted by atomic mass is 32.2. The lowest BCUT2D eigenvalue weighted by Crippen LogP contribution is -2.28. The fourth-order valence-corrected chi connectivity index (χ4v) is 3.25. The van der Waals surface area contributed by atoms with E-state index in [9.17, 15) is 4.79 Å². The fourth-order valence-electron chi connectivity index (χ4n) is 2.39. The molecule has 7 heteroatoms. The predicted octanol–water partition coefficient (Wildman–Crippen LogP) is 3.57. The first kappa shape index (κ1) is 16.6. The Hall–Kier alpha value is -2.28. The molecule has 0 aliphatic carbocycles. The summed E-state index contributed by atoms with van der Waals surface area (Å²) >= 11 is 1.38. The number of nitrogens with zero attached hydrogens (tertiary/aromatic N) is 3. The molecule has 24 heavy (non-hydrogen) atoms. The standard InChI is InChI=1S/C17H20N4O2S/c1-11(2)21-10-18-20-17(21)24-9-16(22)19-12(3)15-8-13-6-4-5-7-14(13)23-15/h4-8,10-12H,9H2,1-3H3,(H,19,22). The van der Waals surface area contributed by atoms with Gasteiger partial charge in [0.2, 0.25) is 5.91 Å². The maximum absolute atomic E-state index is 12.2. The lowest BCUT2D eigenvalue weighted by molar-refractivity contribution is -0.119. The van der Waals surface area contributed by atoms with Crippen molar-refractivity contribution in [1.82, 2.24) is 20.1 Å². The quantitative estimate of drug-likeness (QED) is 0.692. The molecule has 1 N–H and O–H groups in total. The number of nitrogens with one attached hydrogen (secondary N) is 1. The van der Waals surface area contributed by atoms with E-state index in [2.05, 4.69) is 29.4 Å². The number of carbonyl (C=O) groups is 1. The van der Waals surface area contributed by atoms with Gasteiger partial charge in [-0.05, 0) is 32.9 Å². The number of furan rings is 1. The van der Waals surface area contributed by atoms with Crippen molar-refractivity contribution in [3.8, 4) is 0 Å². The molecule has 1 atom stereocenters. The highest BCUT2D eigenvalue weighted by molar-refractivity contribution is 7.99. The number of fused-ring (bicyclic) bond motifs is 1. The van der Waals surface area contributed by atoms with Crippen LogP contribution in [0.15, 0.2) is 46.2 Å². The van der Waals surface area contributed by atoms with E-state index in [-0.39, 0.29) is 23.7 Å². The molecule has 1 unspecified atom stereocenters. The van der Waals surface area contributed by atoms with Gasteiger partial charge in [0.15, 0.2) is 5.16 Å². The van der Waals surface area contributed by atoms with Gasteiger partial charge in [-0.15, -0.1) is 10.2 Å². The van der Waals surface area contributed by atoms with E-state index in [4.69, 9.17) is 4.42 Å². The van der Waals surface area contributed by atoms with Gasteiger partial charge >= 0.3 is 0 Å². The molecule has 6 nitrogen and oxygen atoms in total. The summed E-state index contributed by atoms with van der Waals surface area (Å²) in [5, 5.41) is 12.7. The van der Waals surface area contributed by atoms with Crippen molar-refractivity contribution < 1.29 is 9.21 Å². The van der Waals surface area contributed by atoms with Crippen molar-refractivity contribution in [2.24, 2.45) is 0 Å². The van der Waals surface area contributed by atoms with Crippen LogP contribution < -0.4 is 5.32 Å². The van der Waals surface area contributed by atoms with E-state index >= 15 is 0 Å². The van der Waals surface area contributed by atoms with E-state index in [1.807, 2.05) is 41.8 Å². The van der Waals surface area contributed by atoms with Gasteiger partial charge in [0.1, 0.15) is 17.7 Å². The van der Waals surface area contributed by atoms with Gasteiger partial charge in [-0.3, -0.25) is 4.79 Å². The minimum absolute atomic E-state index is 0.0636. The molecular formula is C17H20N4O2S. The van der Waals surface area contributed by atoms with E-state index in [1.54, 1.807) is 6.33 Å². The number of benzene rings is 1. The molecule has 0 bridgehead atoms. The molecule has 3 aromatic rings. The second-order valence-corrected chi connectivity index (χ2v) is 6.82. The van der Waals surface area contributed by atoms with Gasteiger partial charge in [0, 0.05) is 11.4 Å². The lowest BCUT2D eigenvalue weighted by Gasteiger charge is -2.12. The summed E-state index contributed by atoms with van der Waals surface area (Å²) < 4.78 is 7.73. The first-order valence-corrected chi connectivity index (χ1v) is 8.83. The number of thioether (sulfide) groups is 1. The third kappa shape index (κ3) is 3.62. The van der Waals surface area contributed by atoms with Crippen LogP contribution in [0.4, 0.5) is 0 Å². The van der Waals surface area contributed by atoms with Crippen LogP contribution in [-0.2, 0) is 4.79 Å².